The van der Waals surface area contributed by atoms with Gasteiger partial charge in [-0.05, 0) is 50.8 Å². The highest BCUT2D eigenvalue weighted by molar-refractivity contribution is 5.77. The molecule has 1 aromatic carbocycles. The lowest BCUT2D eigenvalue weighted by Crippen LogP contribution is -2.12. The Bertz CT molecular complexity index is 671. The summed E-state index contributed by atoms with van der Waals surface area (Å²) in [4.78, 5) is 0. The summed E-state index contributed by atoms with van der Waals surface area (Å²) in [5.74, 6) is -0.185. The molecule has 0 radical (unpaired) electrons. The third kappa shape index (κ3) is 4.95. The molecule has 0 unspecified atom stereocenters. The van der Waals surface area contributed by atoms with Crippen LogP contribution < -0.4 is 5.32 Å². The summed E-state index contributed by atoms with van der Waals surface area (Å²) in [5, 5.41) is 3.26. The van der Waals surface area contributed by atoms with Crippen LogP contribution in [0.2, 0.25) is 0 Å². The molecule has 1 aromatic rings. The summed E-state index contributed by atoms with van der Waals surface area (Å²) < 4.78 is 14.7. The van der Waals surface area contributed by atoms with Crippen LogP contribution >= 0.6 is 0 Å². The Morgan fingerprint density at radius 2 is 1.92 bits per heavy atom. The molecular weight excluding hydrogens is 297 g/mol. The quantitative estimate of drug-likeness (QED) is 0.588. The molecule has 1 rings (SSSR count). The Balaban J connectivity index is 3.84. The van der Waals surface area contributed by atoms with Gasteiger partial charge in [-0.1, -0.05) is 55.9 Å². The zero-order valence-electron chi connectivity index (χ0n) is 15.8. The van der Waals surface area contributed by atoms with Gasteiger partial charge in [0.1, 0.15) is 5.82 Å². The second-order valence-electron chi connectivity index (χ2n) is 5.96. The Labute approximate surface area is 146 Å². The van der Waals surface area contributed by atoms with Gasteiger partial charge in [-0.2, -0.15) is 0 Å². The van der Waals surface area contributed by atoms with Crippen molar-refractivity contribution >= 4 is 5.70 Å². The van der Waals surface area contributed by atoms with E-state index in [9.17, 15) is 4.39 Å². The zero-order valence-corrected chi connectivity index (χ0v) is 15.8. The minimum absolute atomic E-state index is 0.185. The van der Waals surface area contributed by atoms with Crippen LogP contribution in [0.5, 0.6) is 0 Å². The maximum Gasteiger partial charge on any atom is 0.132 e. The molecule has 0 aliphatic carbocycles. The molecule has 0 fully saturated rings. The van der Waals surface area contributed by atoms with Crippen molar-refractivity contribution in [2.24, 2.45) is 0 Å². The fraction of sp³-hybridized carbons (Fsp3) is 0.364. The first kappa shape index (κ1) is 20.0. The second kappa shape index (κ2) is 9.92. The lowest BCUT2D eigenvalue weighted by atomic mass is 9.93. The minimum Gasteiger partial charge on any atom is -0.387 e. The van der Waals surface area contributed by atoms with Crippen LogP contribution in [0.25, 0.3) is 5.70 Å². The summed E-state index contributed by atoms with van der Waals surface area (Å²) >= 11 is 0. The zero-order chi connectivity index (χ0) is 18.1. The molecule has 0 heterocycles. The molecule has 0 saturated heterocycles. The summed E-state index contributed by atoms with van der Waals surface area (Å²) in [5.41, 5.74) is 5.83. The monoisotopic (exact) mass is 327 g/mol. The van der Waals surface area contributed by atoms with E-state index in [-0.39, 0.29) is 5.82 Å². The van der Waals surface area contributed by atoms with Crippen LogP contribution in [-0.2, 0) is 6.42 Å². The highest BCUT2D eigenvalue weighted by Gasteiger charge is 2.16. The van der Waals surface area contributed by atoms with Crippen molar-refractivity contribution in [3.8, 4) is 0 Å². The van der Waals surface area contributed by atoms with Gasteiger partial charge >= 0.3 is 0 Å². The molecule has 2 heteroatoms. The molecular formula is C22H30FN. The number of hydrogen-bond acceptors (Lipinski definition) is 1. The average Bonchev–Trinajstić information content (AvgIpc) is 2.55. The van der Waals surface area contributed by atoms with Crippen LogP contribution in [0.3, 0.4) is 0 Å². The Morgan fingerprint density at radius 3 is 2.42 bits per heavy atom. The van der Waals surface area contributed by atoms with Gasteiger partial charge in [-0.15, -0.1) is 0 Å². The van der Waals surface area contributed by atoms with Gasteiger partial charge < -0.3 is 5.32 Å². The van der Waals surface area contributed by atoms with E-state index in [0.717, 1.165) is 35.2 Å². The molecule has 0 spiro atoms. The van der Waals surface area contributed by atoms with Gasteiger partial charge in [0.25, 0.3) is 0 Å². The molecule has 0 aliphatic heterocycles. The number of aryl methyl sites for hydroxylation is 1. The van der Waals surface area contributed by atoms with Gasteiger partial charge in [0, 0.05) is 18.2 Å². The van der Waals surface area contributed by atoms with Crippen LogP contribution in [-0.4, -0.2) is 7.05 Å². The first-order valence-corrected chi connectivity index (χ1v) is 8.67. The minimum atomic E-state index is -0.185. The van der Waals surface area contributed by atoms with Crippen molar-refractivity contribution in [1.82, 2.24) is 5.32 Å². The SMILES string of the molecule is C\C=C/C(=C\CC)C(/C=C(C)C)=C(/NC)c1c(F)cccc1CC. The lowest BCUT2D eigenvalue weighted by molar-refractivity contribution is 0.620. The van der Waals surface area contributed by atoms with E-state index < -0.39 is 0 Å². The smallest absolute Gasteiger partial charge is 0.132 e. The Hall–Kier alpha value is -2.09. The summed E-state index contributed by atoms with van der Waals surface area (Å²) in [7, 11) is 1.86. The molecule has 24 heavy (non-hydrogen) atoms. The van der Waals surface area contributed by atoms with E-state index in [1.54, 1.807) is 6.07 Å². The predicted molar refractivity (Wildman–Crippen MR) is 104 cm³/mol. The predicted octanol–water partition coefficient (Wildman–Crippen LogP) is 6.20. The largest absolute Gasteiger partial charge is 0.387 e. The molecule has 0 saturated carbocycles. The maximum absolute atomic E-state index is 14.7. The van der Waals surface area contributed by atoms with Crippen molar-refractivity contribution in [3.63, 3.8) is 0 Å². The number of hydrogen-bond donors (Lipinski definition) is 1. The highest BCUT2D eigenvalue weighted by atomic mass is 19.1. The van der Waals surface area contributed by atoms with Gasteiger partial charge in [0.2, 0.25) is 0 Å². The Morgan fingerprint density at radius 1 is 1.21 bits per heavy atom. The van der Waals surface area contributed by atoms with Crippen molar-refractivity contribution < 1.29 is 4.39 Å². The number of allylic oxidation sites excluding steroid dienone is 7. The number of benzene rings is 1. The molecule has 0 aromatic heterocycles. The average molecular weight is 327 g/mol. The van der Waals surface area contributed by atoms with Crippen LogP contribution in [0.15, 0.2) is 59.2 Å². The van der Waals surface area contributed by atoms with Crippen LogP contribution in [0.4, 0.5) is 4.39 Å². The Kier molecular flexibility index (Phi) is 8.25. The van der Waals surface area contributed by atoms with E-state index in [1.165, 1.54) is 11.6 Å². The second-order valence-corrected chi connectivity index (χ2v) is 5.96. The summed E-state index contributed by atoms with van der Waals surface area (Å²) in [6.07, 6.45) is 10.1. The van der Waals surface area contributed by atoms with Gasteiger partial charge in [0.05, 0.1) is 5.70 Å². The summed E-state index contributed by atoms with van der Waals surface area (Å²) in [6, 6.07) is 5.31. The lowest BCUT2D eigenvalue weighted by Gasteiger charge is -2.18. The van der Waals surface area contributed by atoms with Crippen LogP contribution in [0, 0.1) is 5.82 Å². The van der Waals surface area contributed by atoms with E-state index in [2.05, 4.69) is 51.2 Å². The summed E-state index contributed by atoms with van der Waals surface area (Å²) in [6.45, 7) is 10.3. The molecule has 0 atom stereocenters. The topological polar surface area (TPSA) is 12.0 Å². The first-order valence-electron chi connectivity index (χ1n) is 8.67. The third-order valence-electron chi connectivity index (χ3n) is 3.76. The fourth-order valence-electron chi connectivity index (χ4n) is 2.79. The standard InChI is InChI=1S/C22H30FN/c1-7-11-18(12-8-2)19(15-16(4)5)22(24-6)21-17(9-3)13-10-14-20(21)23/h7,10-15,24H,8-9H2,1-6H3/b11-7-,18-12+,22-19+. The molecule has 0 bridgehead atoms. The van der Waals surface area contributed by atoms with E-state index in [1.807, 2.05) is 26.1 Å². The fourth-order valence-corrected chi connectivity index (χ4v) is 2.79. The van der Waals surface area contributed by atoms with E-state index >= 15 is 0 Å². The maximum atomic E-state index is 14.7. The first-order chi connectivity index (χ1) is 11.5. The van der Waals surface area contributed by atoms with E-state index in [0.29, 0.717) is 5.56 Å². The number of halogens is 1. The van der Waals surface area contributed by atoms with Gasteiger partial charge in [0.15, 0.2) is 0 Å². The van der Waals surface area contributed by atoms with E-state index in [4.69, 9.17) is 0 Å². The van der Waals surface area contributed by atoms with Crippen molar-refractivity contribution in [2.45, 2.75) is 47.5 Å². The number of rotatable bonds is 7. The van der Waals surface area contributed by atoms with Gasteiger partial charge in [-0.3, -0.25) is 0 Å². The highest BCUT2D eigenvalue weighted by Crippen LogP contribution is 2.29. The van der Waals surface area contributed by atoms with Gasteiger partial charge in [-0.25, -0.2) is 4.39 Å². The molecule has 0 amide bonds. The third-order valence-corrected chi connectivity index (χ3v) is 3.76. The normalized spacial score (nSPS) is 13.0. The molecule has 1 N–H and O–H groups in total. The van der Waals surface area contributed by atoms with Crippen molar-refractivity contribution in [1.29, 1.82) is 0 Å². The molecule has 1 nitrogen and oxygen atoms in total. The van der Waals surface area contributed by atoms with Crippen molar-refractivity contribution in [2.75, 3.05) is 7.05 Å². The molecule has 0 aliphatic rings. The van der Waals surface area contributed by atoms with Crippen molar-refractivity contribution in [3.05, 3.63) is 76.2 Å². The molecule has 130 valence electrons. The van der Waals surface area contributed by atoms with Crippen LogP contribution in [0.1, 0.15) is 52.2 Å². The number of nitrogens with one attached hydrogen (secondary N) is 1.